The van der Waals surface area contributed by atoms with Gasteiger partial charge in [0.1, 0.15) is 0 Å². The van der Waals surface area contributed by atoms with Gasteiger partial charge in [-0.05, 0) is 110 Å². The molecule has 0 aliphatic heterocycles. The van der Waals surface area contributed by atoms with Gasteiger partial charge >= 0.3 is 0 Å². The molecule has 1 unspecified atom stereocenters. The number of rotatable bonds is 9. The summed E-state index contributed by atoms with van der Waals surface area (Å²) in [6, 6.07) is 32.1. The molecule has 0 bridgehead atoms. The van der Waals surface area contributed by atoms with Crippen molar-refractivity contribution < 1.29 is 14.4 Å². The zero-order valence-electron chi connectivity index (χ0n) is 49.7. The summed E-state index contributed by atoms with van der Waals surface area (Å²) >= 11 is 0. The van der Waals surface area contributed by atoms with Gasteiger partial charge in [0.15, 0.2) is 17.3 Å². The number of Topliss-reactive ketones (excluding diaryl/α,β-unsaturated/α-hetero) is 3. The number of hydrogen-bond acceptors (Lipinski definition) is 6. The third kappa shape index (κ3) is 8.82. The number of aromatic nitrogens is 6. The standard InChI is InChI=1S/3C24H28N2O/c3*1-4-24(17-8-6-5-7-9-17)20-16(13-23(2,3)14-19(20)27)12-18-21(24)22(26-25-18)15-10-11-15/h3*5-9,15H,4,10-14H2,1-3H3,(H,25,26)/t2*24-;/m10./s1. The zero-order chi connectivity index (χ0) is 56.4. The molecule has 6 aromatic rings. The van der Waals surface area contributed by atoms with Crippen LogP contribution >= 0.6 is 0 Å². The lowest BCUT2D eigenvalue weighted by molar-refractivity contribution is -0.119. The normalized spacial score (nSPS) is 26.7. The second-order valence-corrected chi connectivity index (χ2v) is 28.4. The van der Waals surface area contributed by atoms with Gasteiger partial charge < -0.3 is 0 Å². The number of nitrogens with zero attached hydrogens (tertiary/aromatic N) is 3. The van der Waals surface area contributed by atoms with Gasteiger partial charge in [-0.15, -0.1) is 0 Å². The van der Waals surface area contributed by atoms with Crippen LogP contribution in [0.2, 0.25) is 0 Å². The minimum absolute atomic E-state index is 0.0446. The van der Waals surface area contributed by atoms with Crippen molar-refractivity contribution in [1.82, 2.24) is 30.6 Å². The first-order chi connectivity index (χ1) is 38.9. The lowest BCUT2D eigenvalue weighted by Crippen LogP contribution is -2.42. The highest BCUT2D eigenvalue weighted by molar-refractivity contribution is 6.03. The van der Waals surface area contributed by atoms with Crippen LogP contribution in [0.3, 0.4) is 0 Å². The van der Waals surface area contributed by atoms with E-state index in [1.165, 1.54) is 123 Å². The maximum absolute atomic E-state index is 13.5. The number of ketones is 3. The van der Waals surface area contributed by atoms with E-state index in [0.29, 0.717) is 54.4 Å². The van der Waals surface area contributed by atoms with Crippen LogP contribution in [0.25, 0.3) is 0 Å². The van der Waals surface area contributed by atoms with E-state index in [0.717, 1.165) is 74.5 Å². The molecule has 81 heavy (non-hydrogen) atoms. The van der Waals surface area contributed by atoms with Gasteiger partial charge in [-0.3, -0.25) is 29.7 Å². The van der Waals surface area contributed by atoms with Crippen LogP contribution in [0.15, 0.2) is 124 Å². The Labute approximate surface area is 480 Å². The van der Waals surface area contributed by atoms with Crippen molar-refractivity contribution in [3.63, 3.8) is 0 Å². The Kier molecular flexibility index (Phi) is 13.0. The zero-order valence-corrected chi connectivity index (χ0v) is 49.7. The molecule has 0 spiro atoms. The number of fused-ring (bicyclic) bond motifs is 3. The fourth-order valence-corrected chi connectivity index (χ4v) is 17.1. The molecule has 0 saturated heterocycles. The smallest absolute Gasteiger partial charge is 0.160 e. The van der Waals surface area contributed by atoms with Crippen LogP contribution in [-0.4, -0.2) is 47.9 Å². The number of carbonyl (C=O) groups excluding carboxylic acids is 3. The first kappa shape index (κ1) is 53.8. The van der Waals surface area contributed by atoms with Crippen molar-refractivity contribution in [3.8, 4) is 0 Å². The van der Waals surface area contributed by atoms with Crippen molar-refractivity contribution in [2.45, 2.75) is 212 Å². The number of carbonyl (C=O) groups is 3. The molecule has 3 aromatic carbocycles. The first-order valence-electron chi connectivity index (χ1n) is 31.0. The predicted molar refractivity (Wildman–Crippen MR) is 320 cm³/mol. The molecule has 0 radical (unpaired) electrons. The molecule has 420 valence electrons. The minimum atomic E-state index is -0.345. The number of hydrogen-bond donors (Lipinski definition) is 3. The summed E-state index contributed by atoms with van der Waals surface area (Å²) in [5.74, 6) is 2.74. The Bertz CT molecular complexity index is 3210. The highest BCUT2D eigenvalue weighted by Crippen LogP contribution is 2.61. The van der Waals surface area contributed by atoms with Crippen molar-refractivity contribution in [3.05, 3.63) is 192 Å². The van der Waals surface area contributed by atoms with Gasteiger partial charge in [-0.25, -0.2) is 0 Å². The van der Waals surface area contributed by atoms with Gasteiger partial charge in [0.25, 0.3) is 0 Å². The Balaban J connectivity index is 0.000000114. The van der Waals surface area contributed by atoms with Crippen LogP contribution in [0, 0.1) is 16.2 Å². The molecular formula is C72H84N6O3. The molecule has 9 nitrogen and oxygen atoms in total. The van der Waals surface area contributed by atoms with E-state index in [1.807, 2.05) is 0 Å². The molecule has 3 heterocycles. The molecule has 3 aromatic heterocycles. The Morgan fingerprint density at radius 1 is 0.383 bits per heavy atom. The first-order valence-corrected chi connectivity index (χ1v) is 31.0. The van der Waals surface area contributed by atoms with E-state index in [4.69, 9.17) is 15.3 Å². The molecule has 3 atom stereocenters. The summed E-state index contributed by atoms with van der Waals surface area (Å²) in [4.78, 5) is 40.6. The van der Waals surface area contributed by atoms with Crippen LogP contribution in [0.1, 0.15) is 244 Å². The maximum Gasteiger partial charge on any atom is 0.160 e. The van der Waals surface area contributed by atoms with E-state index in [9.17, 15) is 14.4 Å². The van der Waals surface area contributed by atoms with Crippen LogP contribution in [0.4, 0.5) is 0 Å². The number of nitrogens with one attached hydrogen (secondary N) is 3. The average Bonchev–Trinajstić information content (AvgIpc) is 2.89. The van der Waals surface area contributed by atoms with E-state index in [1.54, 1.807) is 0 Å². The molecular weight excluding hydrogens is 997 g/mol. The third-order valence-corrected chi connectivity index (χ3v) is 20.5. The monoisotopic (exact) mass is 1080 g/mol. The molecule has 3 fully saturated rings. The van der Waals surface area contributed by atoms with E-state index in [-0.39, 0.29) is 32.5 Å². The summed E-state index contributed by atoms with van der Waals surface area (Å²) in [6.45, 7) is 20.1. The maximum atomic E-state index is 13.5. The SMILES string of the molecule is CCC1(c2ccccc2)C2=C(Cc3[nH]nc(C4CC4)c31)CC(C)(C)CC2=O.CC[C@@]1(c2ccccc2)C2=C(Cc3[nH]nc(C4CC4)c31)CC(C)(C)CC2=O.CC[C@]1(c2ccccc2)C2=C(Cc3[nH]nc(C4CC4)c31)CC(C)(C)CC2=O. The largest absolute Gasteiger partial charge is 0.294 e. The lowest BCUT2D eigenvalue weighted by Gasteiger charge is -2.45. The van der Waals surface area contributed by atoms with Crippen LogP contribution < -0.4 is 0 Å². The van der Waals surface area contributed by atoms with E-state index in [2.05, 4.69) is 169 Å². The van der Waals surface area contributed by atoms with E-state index >= 15 is 0 Å². The number of H-pyrrole nitrogens is 3. The van der Waals surface area contributed by atoms with Crippen molar-refractivity contribution in [1.29, 1.82) is 0 Å². The molecule has 15 rings (SSSR count). The van der Waals surface area contributed by atoms with Gasteiger partial charge in [0, 0.05) is 107 Å². The summed E-state index contributed by atoms with van der Waals surface area (Å²) in [7, 11) is 0. The highest BCUT2D eigenvalue weighted by Gasteiger charge is 2.55. The number of aromatic amines is 3. The average molecular weight is 1080 g/mol. The quantitative estimate of drug-likeness (QED) is 0.132. The Morgan fingerprint density at radius 3 is 0.852 bits per heavy atom. The fraction of sp³-hybridized carbons (Fsp3) is 0.500. The predicted octanol–water partition coefficient (Wildman–Crippen LogP) is 15.7. The molecule has 3 saturated carbocycles. The molecule has 9 aliphatic rings. The molecule has 3 N–H and O–H groups in total. The van der Waals surface area contributed by atoms with Gasteiger partial charge in [-0.1, -0.05) is 170 Å². The Hall–Kier alpha value is -6.48. The summed E-state index contributed by atoms with van der Waals surface area (Å²) in [5.41, 5.74) is 21.5. The third-order valence-electron chi connectivity index (χ3n) is 20.5. The summed E-state index contributed by atoms with van der Waals surface area (Å²) < 4.78 is 0. The van der Waals surface area contributed by atoms with Crippen molar-refractivity contribution in [2.75, 3.05) is 0 Å². The number of benzene rings is 3. The van der Waals surface area contributed by atoms with Gasteiger partial charge in [-0.2, -0.15) is 15.3 Å². The highest BCUT2D eigenvalue weighted by atomic mass is 16.1. The van der Waals surface area contributed by atoms with Crippen LogP contribution in [-0.2, 0) is 49.9 Å². The number of allylic oxidation sites excluding steroid dienone is 6. The summed E-state index contributed by atoms with van der Waals surface area (Å²) in [6.07, 6.45) is 17.5. The van der Waals surface area contributed by atoms with E-state index < -0.39 is 0 Å². The van der Waals surface area contributed by atoms with Gasteiger partial charge in [0.05, 0.1) is 33.3 Å². The topological polar surface area (TPSA) is 137 Å². The van der Waals surface area contributed by atoms with Crippen molar-refractivity contribution in [2.24, 2.45) is 16.2 Å². The van der Waals surface area contributed by atoms with Crippen LogP contribution in [0.5, 0.6) is 0 Å². The molecule has 9 aliphatic carbocycles. The Morgan fingerprint density at radius 2 is 0.630 bits per heavy atom. The molecule has 9 heteroatoms. The summed E-state index contributed by atoms with van der Waals surface area (Å²) in [5, 5.41) is 24.5. The second kappa shape index (κ2) is 19.6. The lowest BCUT2D eigenvalue weighted by atomic mass is 9.56. The fourth-order valence-electron chi connectivity index (χ4n) is 17.1. The minimum Gasteiger partial charge on any atom is -0.294 e. The van der Waals surface area contributed by atoms with Gasteiger partial charge in [0.2, 0.25) is 0 Å². The van der Waals surface area contributed by atoms with Crippen molar-refractivity contribution >= 4 is 17.3 Å². The second-order valence-electron chi connectivity index (χ2n) is 28.4. The molecule has 0 amide bonds.